The number of carbonyl (C=O) groups is 1. The third kappa shape index (κ3) is 4.64. The van der Waals surface area contributed by atoms with Gasteiger partial charge in [-0.1, -0.05) is 43.3 Å². The summed E-state index contributed by atoms with van der Waals surface area (Å²) in [7, 11) is 0. The van der Waals surface area contributed by atoms with E-state index in [1.807, 2.05) is 18.2 Å². The zero-order valence-electron chi connectivity index (χ0n) is 15.3. The molecule has 0 fully saturated rings. The van der Waals surface area contributed by atoms with Gasteiger partial charge in [0.1, 0.15) is 0 Å². The number of thioether (sulfide) groups is 1. The molecule has 128 valence electrons. The topological polar surface area (TPSA) is 29.1 Å². The zero-order valence-corrected chi connectivity index (χ0v) is 16.1. The van der Waals surface area contributed by atoms with Crippen molar-refractivity contribution >= 4 is 17.7 Å². The highest BCUT2D eigenvalue weighted by atomic mass is 32.2. The van der Waals surface area contributed by atoms with E-state index in [0.29, 0.717) is 18.2 Å². The molecule has 3 heteroatoms. The summed E-state index contributed by atoms with van der Waals surface area (Å²) >= 11 is 1.65. The Hall–Kier alpha value is -1.74. The summed E-state index contributed by atoms with van der Waals surface area (Å²) in [5.41, 5.74) is 6.41. The minimum Gasteiger partial charge on any atom is -0.355 e. The normalized spacial score (nSPS) is 12.0. The number of hydrogen-bond donors (Lipinski definition) is 1. The highest BCUT2D eigenvalue weighted by Gasteiger charge is 2.12. The van der Waals surface area contributed by atoms with Gasteiger partial charge in [-0.2, -0.15) is 0 Å². The molecule has 1 N–H and O–H groups in total. The molecule has 1 amide bonds. The molecule has 2 aromatic rings. The van der Waals surface area contributed by atoms with Crippen molar-refractivity contribution in [3.8, 4) is 0 Å². The van der Waals surface area contributed by atoms with Gasteiger partial charge in [0.25, 0.3) is 0 Å². The highest BCUT2D eigenvalue weighted by Crippen LogP contribution is 2.30. The first kappa shape index (κ1) is 18.6. The van der Waals surface area contributed by atoms with Crippen LogP contribution in [0.3, 0.4) is 0 Å². The van der Waals surface area contributed by atoms with Crippen LogP contribution < -0.4 is 5.32 Å². The van der Waals surface area contributed by atoms with E-state index in [0.717, 1.165) is 0 Å². The average molecular weight is 342 g/mol. The van der Waals surface area contributed by atoms with Crippen LogP contribution in [0.4, 0.5) is 0 Å². The maximum Gasteiger partial charge on any atom is 0.230 e. The first-order valence-electron chi connectivity index (χ1n) is 8.42. The fraction of sp³-hybridized carbons (Fsp3) is 0.381. The molecule has 0 aromatic heterocycles. The molecule has 0 spiro atoms. The van der Waals surface area contributed by atoms with Crippen LogP contribution in [0.2, 0.25) is 0 Å². The van der Waals surface area contributed by atoms with Crippen LogP contribution in [-0.2, 0) is 4.79 Å². The smallest absolute Gasteiger partial charge is 0.230 e. The van der Waals surface area contributed by atoms with E-state index in [-0.39, 0.29) is 5.91 Å². The molecule has 0 aliphatic heterocycles. The summed E-state index contributed by atoms with van der Waals surface area (Å²) in [6.45, 7) is 11.4. The molecule has 2 nitrogen and oxygen atoms in total. The van der Waals surface area contributed by atoms with Crippen LogP contribution in [0.25, 0.3) is 0 Å². The van der Waals surface area contributed by atoms with Crippen LogP contribution in [0.5, 0.6) is 0 Å². The van der Waals surface area contributed by atoms with E-state index in [4.69, 9.17) is 0 Å². The van der Waals surface area contributed by atoms with E-state index in [2.05, 4.69) is 58.1 Å². The molecule has 24 heavy (non-hydrogen) atoms. The van der Waals surface area contributed by atoms with Crippen molar-refractivity contribution in [3.05, 3.63) is 64.2 Å². The maximum atomic E-state index is 12.2. The fourth-order valence-electron chi connectivity index (χ4n) is 2.75. The number of aryl methyl sites for hydroxylation is 2. The van der Waals surface area contributed by atoms with Crippen molar-refractivity contribution < 1.29 is 4.79 Å². The molecular weight excluding hydrogens is 314 g/mol. The monoisotopic (exact) mass is 341 g/mol. The second-order valence-corrected chi connectivity index (χ2v) is 7.48. The van der Waals surface area contributed by atoms with Gasteiger partial charge in [0.05, 0.1) is 5.75 Å². The summed E-state index contributed by atoms with van der Waals surface area (Å²) in [4.78, 5) is 13.5. The third-order valence-electron chi connectivity index (χ3n) is 4.62. The predicted molar refractivity (Wildman–Crippen MR) is 104 cm³/mol. The van der Waals surface area contributed by atoms with E-state index in [1.54, 1.807) is 11.8 Å². The van der Waals surface area contributed by atoms with Gasteiger partial charge in [-0.25, -0.2) is 0 Å². The molecule has 0 aliphatic rings. The van der Waals surface area contributed by atoms with Crippen molar-refractivity contribution in [2.24, 2.45) is 0 Å². The van der Waals surface area contributed by atoms with Crippen LogP contribution in [0.1, 0.15) is 40.7 Å². The molecule has 0 saturated heterocycles. The number of benzene rings is 2. The Bertz CT molecular complexity index is 683. The van der Waals surface area contributed by atoms with Gasteiger partial charge in [-0.15, -0.1) is 11.8 Å². The third-order valence-corrected chi connectivity index (χ3v) is 5.93. The molecule has 2 rings (SSSR count). The predicted octanol–water partition coefficient (Wildman–Crippen LogP) is 4.93. The lowest BCUT2D eigenvalue weighted by atomic mass is 10.0. The Morgan fingerprint density at radius 2 is 1.62 bits per heavy atom. The van der Waals surface area contributed by atoms with Crippen molar-refractivity contribution in [1.29, 1.82) is 0 Å². The van der Waals surface area contributed by atoms with E-state index in [1.165, 1.54) is 32.7 Å². The number of nitrogens with one attached hydrogen (secondary N) is 1. The zero-order chi connectivity index (χ0) is 17.7. The highest BCUT2D eigenvalue weighted by molar-refractivity contribution is 8.00. The quantitative estimate of drug-likeness (QED) is 0.755. The van der Waals surface area contributed by atoms with Crippen LogP contribution in [0.15, 0.2) is 41.3 Å². The van der Waals surface area contributed by atoms with Crippen LogP contribution in [-0.4, -0.2) is 18.2 Å². The van der Waals surface area contributed by atoms with Gasteiger partial charge in [-0.3, -0.25) is 4.79 Å². The van der Waals surface area contributed by atoms with E-state index in [9.17, 15) is 4.79 Å². The molecule has 0 saturated carbocycles. The molecular formula is C21H27NOS. The first-order valence-corrected chi connectivity index (χ1v) is 9.40. The Kier molecular flexibility index (Phi) is 6.50. The molecule has 2 aromatic carbocycles. The van der Waals surface area contributed by atoms with Gasteiger partial charge in [-0.05, 0) is 61.4 Å². The number of rotatable bonds is 6. The fourth-order valence-corrected chi connectivity index (χ4v) is 3.88. The van der Waals surface area contributed by atoms with E-state index >= 15 is 0 Å². The molecule has 0 aliphatic carbocycles. The molecule has 0 unspecified atom stereocenters. The lowest BCUT2D eigenvalue weighted by Gasteiger charge is -2.16. The van der Waals surface area contributed by atoms with Gasteiger partial charge in [0.2, 0.25) is 5.91 Å². The average Bonchev–Trinajstić information content (AvgIpc) is 2.58. The summed E-state index contributed by atoms with van der Waals surface area (Å²) in [5.74, 6) is 0.886. The standard InChI is InChI=1S/C21H27NOS/c1-14-11-15(2)18(5)21(17(14)4)24-13-20(23)22-12-16(3)19-9-7-6-8-10-19/h6-11,16H,12-13H2,1-5H3,(H,22,23)/t16-/m1/s1. The molecule has 0 heterocycles. The second-order valence-electron chi connectivity index (χ2n) is 6.49. The Balaban J connectivity index is 1.90. The lowest BCUT2D eigenvalue weighted by molar-refractivity contribution is -0.118. The minimum atomic E-state index is 0.0979. The maximum absolute atomic E-state index is 12.2. The summed E-state index contributed by atoms with van der Waals surface area (Å²) in [6, 6.07) is 12.5. The Morgan fingerprint density at radius 3 is 2.21 bits per heavy atom. The second kappa shape index (κ2) is 8.39. The lowest BCUT2D eigenvalue weighted by Crippen LogP contribution is -2.29. The Morgan fingerprint density at radius 1 is 1.04 bits per heavy atom. The first-order chi connectivity index (χ1) is 11.4. The number of amides is 1. The van der Waals surface area contributed by atoms with E-state index < -0.39 is 0 Å². The van der Waals surface area contributed by atoms with Crippen molar-refractivity contribution in [2.75, 3.05) is 12.3 Å². The van der Waals surface area contributed by atoms with Crippen molar-refractivity contribution in [2.45, 2.75) is 45.4 Å². The van der Waals surface area contributed by atoms with Crippen LogP contribution in [0, 0.1) is 27.7 Å². The summed E-state index contributed by atoms with van der Waals surface area (Å²) in [6.07, 6.45) is 0. The SMILES string of the molecule is Cc1cc(C)c(C)c(SCC(=O)NC[C@@H](C)c2ccccc2)c1C. The van der Waals surface area contributed by atoms with Gasteiger partial charge >= 0.3 is 0 Å². The minimum absolute atomic E-state index is 0.0979. The molecule has 1 atom stereocenters. The number of hydrogen-bond acceptors (Lipinski definition) is 2. The van der Waals surface area contributed by atoms with Crippen LogP contribution >= 0.6 is 11.8 Å². The summed E-state index contributed by atoms with van der Waals surface area (Å²) < 4.78 is 0. The van der Waals surface area contributed by atoms with Gasteiger partial charge < -0.3 is 5.32 Å². The Labute approximate surface area is 150 Å². The molecule has 0 bridgehead atoms. The molecule has 0 radical (unpaired) electrons. The largest absolute Gasteiger partial charge is 0.355 e. The number of carbonyl (C=O) groups excluding carboxylic acids is 1. The van der Waals surface area contributed by atoms with Gasteiger partial charge in [0.15, 0.2) is 0 Å². The van der Waals surface area contributed by atoms with Gasteiger partial charge in [0, 0.05) is 11.4 Å². The van der Waals surface area contributed by atoms with Crippen molar-refractivity contribution in [1.82, 2.24) is 5.32 Å². The van der Waals surface area contributed by atoms with Crippen molar-refractivity contribution in [3.63, 3.8) is 0 Å². The summed E-state index contributed by atoms with van der Waals surface area (Å²) in [5, 5.41) is 3.06.